The predicted molar refractivity (Wildman–Crippen MR) is 169 cm³/mol. The van der Waals surface area contributed by atoms with Crippen LogP contribution in [0.2, 0.25) is 0 Å². The maximum atomic E-state index is 14.4. The summed E-state index contributed by atoms with van der Waals surface area (Å²) in [6.45, 7) is 0.977. The summed E-state index contributed by atoms with van der Waals surface area (Å²) in [6, 6.07) is 38.8. The maximum absolute atomic E-state index is 14.4. The van der Waals surface area contributed by atoms with Crippen LogP contribution >= 0.6 is 0 Å². The Balaban J connectivity index is 1.35. The molecule has 8 nitrogen and oxygen atoms in total. The predicted octanol–water partition coefficient (Wildman–Crippen LogP) is 4.50. The quantitative estimate of drug-likeness (QED) is 0.330. The number of carbonyl (C=O) groups is 3. The van der Waals surface area contributed by atoms with Crippen molar-refractivity contribution < 1.29 is 14.4 Å². The molecule has 0 aliphatic carbocycles. The van der Waals surface area contributed by atoms with Gasteiger partial charge in [-0.05, 0) is 22.3 Å². The molecule has 6 rings (SSSR count). The molecule has 0 bridgehead atoms. The van der Waals surface area contributed by atoms with Crippen LogP contribution in [0.25, 0.3) is 0 Å². The molecular weight excluding hydrogens is 550 g/mol. The highest BCUT2D eigenvalue weighted by Crippen LogP contribution is 2.32. The summed E-state index contributed by atoms with van der Waals surface area (Å²) in [5.41, 5.74) is 4.14. The first-order valence-corrected chi connectivity index (χ1v) is 15.1. The number of hydrogen-bond donors (Lipinski definition) is 1. The fourth-order valence-electron chi connectivity index (χ4n) is 6.36. The highest BCUT2D eigenvalue weighted by Gasteiger charge is 2.51. The molecule has 2 atom stereocenters. The van der Waals surface area contributed by atoms with Gasteiger partial charge in [0, 0.05) is 32.5 Å². The van der Waals surface area contributed by atoms with Crippen molar-refractivity contribution in [2.75, 3.05) is 26.7 Å². The normalized spacial score (nSPS) is 18.8. The van der Waals surface area contributed by atoms with E-state index in [9.17, 15) is 14.4 Å². The first kappa shape index (κ1) is 29.1. The van der Waals surface area contributed by atoms with Gasteiger partial charge >= 0.3 is 6.03 Å². The topological polar surface area (TPSA) is 76.2 Å². The van der Waals surface area contributed by atoms with E-state index in [0.29, 0.717) is 19.5 Å². The summed E-state index contributed by atoms with van der Waals surface area (Å²) in [7, 11) is 1.75. The smallest absolute Gasteiger partial charge is 0.334 e. The molecular formula is C36H37N5O3. The summed E-state index contributed by atoms with van der Waals surface area (Å²) < 4.78 is 0. The minimum atomic E-state index is -0.742. The lowest BCUT2D eigenvalue weighted by molar-refractivity contribution is -0.187. The van der Waals surface area contributed by atoms with Crippen molar-refractivity contribution in [3.8, 4) is 0 Å². The summed E-state index contributed by atoms with van der Waals surface area (Å²) in [4.78, 5) is 45.3. The van der Waals surface area contributed by atoms with Crippen LogP contribution in [0.1, 0.15) is 28.2 Å². The minimum Gasteiger partial charge on any atom is -0.336 e. The van der Waals surface area contributed by atoms with Gasteiger partial charge in [0.1, 0.15) is 12.2 Å². The minimum absolute atomic E-state index is 0.00445. The van der Waals surface area contributed by atoms with Crippen LogP contribution in [0, 0.1) is 0 Å². The van der Waals surface area contributed by atoms with E-state index in [-0.39, 0.29) is 36.9 Å². The Morgan fingerprint density at radius 3 is 1.86 bits per heavy atom. The lowest BCUT2D eigenvalue weighted by atomic mass is 9.89. The third-order valence-corrected chi connectivity index (χ3v) is 8.51. The summed E-state index contributed by atoms with van der Waals surface area (Å²) in [5, 5.41) is 6.32. The molecule has 2 aliphatic heterocycles. The highest BCUT2D eigenvalue weighted by molar-refractivity contribution is 5.91. The molecule has 4 aromatic rings. The van der Waals surface area contributed by atoms with Crippen LogP contribution < -0.4 is 5.32 Å². The molecule has 1 N–H and O–H groups in total. The molecule has 2 saturated heterocycles. The zero-order valence-corrected chi connectivity index (χ0v) is 24.8. The monoisotopic (exact) mass is 587 g/mol. The SMILES string of the molecule is CN1CC(=O)N2[C@@H](Cc3ccccc3)C(=O)N(CC(c3ccccc3)c3ccccc3)C[C@@H]2N1C(=O)NCc1ccccc1. The van der Waals surface area contributed by atoms with Crippen molar-refractivity contribution in [1.29, 1.82) is 0 Å². The lowest BCUT2D eigenvalue weighted by Crippen LogP contribution is -2.76. The molecule has 8 heteroatoms. The van der Waals surface area contributed by atoms with Crippen LogP contribution in [0.4, 0.5) is 4.79 Å². The van der Waals surface area contributed by atoms with E-state index in [1.165, 1.54) is 0 Å². The van der Waals surface area contributed by atoms with E-state index in [2.05, 4.69) is 29.6 Å². The first-order chi connectivity index (χ1) is 21.5. The van der Waals surface area contributed by atoms with Gasteiger partial charge in [0.25, 0.3) is 0 Å². The average molecular weight is 588 g/mol. The number of amides is 4. The first-order valence-electron chi connectivity index (χ1n) is 15.1. The molecule has 4 aromatic carbocycles. The zero-order valence-electron chi connectivity index (χ0n) is 24.8. The van der Waals surface area contributed by atoms with Crippen molar-refractivity contribution in [2.24, 2.45) is 0 Å². The molecule has 224 valence electrons. The molecule has 44 heavy (non-hydrogen) atoms. The van der Waals surface area contributed by atoms with Crippen molar-refractivity contribution in [1.82, 2.24) is 25.1 Å². The molecule has 2 fully saturated rings. The Bertz CT molecular complexity index is 1530. The summed E-state index contributed by atoms with van der Waals surface area (Å²) in [5.74, 6) is -0.353. The van der Waals surface area contributed by atoms with Crippen molar-refractivity contribution in [2.45, 2.75) is 31.1 Å². The Morgan fingerprint density at radius 1 is 0.773 bits per heavy atom. The number of fused-ring (bicyclic) bond motifs is 1. The molecule has 2 aliphatic rings. The molecule has 0 aromatic heterocycles. The number of nitrogens with zero attached hydrogens (tertiary/aromatic N) is 4. The van der Waals surface area contributed by atoms with E-state index >= 15 is 0 Å². The second-order valence-electron chi connectivity index (χ2n) is 11.4. The highest BCUT2D eigenvalue weighted by atomic mass is 16.2. The van der Waals surface area contributed by atoms with Gasteiger partial charge in [0.05, 0.1) is 13.1 Å². The number of piperazine rings is 1. The number of hydrazine groups is 1. The Hall–Kier alpha value is -4.95. The maximum Gasteiger partial charge on any atom is 0.334 e. The van der Waals surface area contributed by atoms with Gasteiger partial charge in [-0.25, -0.2) is 14.8 Å². The number of benzene rings is 4. The van der Waals surface area contributed by atoms with Gasteiger partial charge in [-0.15, -0.1) is 0 Å². The molecule has 0 spiro atoms. The zero-order chi connectivity index (χ0) is 30.5. The van der Waals surface area contributed by atoms with E-state index in [4.69, 9.17) is 0 Å². The lowest BCUT2D eigenvalue weighted by Gasteiger charge is -2.54. The fraction of sp³-hybridized carbons (Fsp3) is 0.250. The number of urea groups is 1. The van der Waals surface area contributed by atoms with E-state index in [1.807, 2.05) is 102 Å². The number of rotatable bonds is 8. The van der Waals surface area contributed by atoms with Gasteiger partial charge in [0.15, 0.2) is 0 Å². The molecule has 0 unspecified atom stereocenters. The van der Waals surface area contributed by atoms with Gasteiger partial charge in [0.2, 0.25) is 11.8 Å². The number of carbonyl (C=O) groups excluding carboxylic acids is 3. The Kier molecular flexibility index (Phi) is 8.70. The third kappa shape index (κ3) is 6.21. The number of likely N-dealkylation sites (N-methyl/N-ethyl adjacent to an activating group) is 1. The largest absolute Gasteiger partial charge is 0.336 e. The fourth-order valence-corrected chi connectivity index (χ4v) is 6.36. The van der Waals surface area contributed by atoms with Gasteiger partial charge in [-0.1, -0.05) is 121 Å². The molecule has 2 heterocycles. The van der Waals surface area contributed by atoms with E-state index < -0.39 is 12.2 Å². The van der Waals surface area contributed by atoms with Crippen LogP contribution in [-0.4, -0.2) is 76.6 Å². The van der Waals surface area contributed by atoms with Crippen LogP contribution in [0.5, 0.6) is 0 Å². The standard InChI is InChI=1S/C36H37N5O3/c1-38-26-34(42)40-32(22-27-14-6-2-7-15-27)35(43)39(24-31(29-18-10-4-11-19-29)30-20-12-5-13-21-30)25-33(40)41(38)36(44)37-23-28-16-8-3-9-17-28/h2-21,31-33H,22-26H2,1H3,(H,37,44)/t32-,33-/m0/s1. The van der Waals surface area contributed by atoms with Crippen LogP contribution in [0.3, 0.4) is 0 Å². The number of nitrogens with one attached hydrogen (secondary N) is 1. The van der Waals surface area contributed by atoms with Crippen molar-refractivity contribution >= 4 is 17.8 Å². The third-order valence-electron chi connectivity index (χ3n) is 8.51. The molecule has 0 saturated carbocycles. The summed E-state index contributed by atoms with van der Waals surface area (Å²) in [6.07, 6.45) is -0.293. The molecule has 0 radical (unpaired) electrons. The van der Waals surface area contributed by atoms with Gasteiger partial charge in [-0.3, -0.25) is 9.59 Å². The van der Waals surface area contributed by atoms with Gasteiger partial charge < -0.3 is 15.1 Å². The van der Waals surface area contributed by atoms with Crippen LogP contribution in [0.15, 0.2) is 121 Å². The van der Waals surface area contributed by atoms with Crippen LogP contribution in [-0.2, 0) is 22.6 Å². The summed E-state index contributed by atoms with van der Waals surface area (Å²) >= 11 is 0. The average Bonchev–Trinajstić information content (AvgIpc) is 3.06. The number of hydrogen-bond acceptors (Lipinski definition) is 4. The van der Waals surface area contributed by atoms with E-state index in [0.717, 1.165) is 22.3 Å². The van der Waals surface area contributed by atoms with Crippen molar-refractivity contribution in [3.63, 3.8) is 0 Å². The Morgan fingerprint density at radius 2 is 1.30 bits per heavy atom. The molecule has 4 amide bonds. The van der Waals surface area contributed by atoms with E-state index in [1.54, 1.807) is 22.0 Å². The second kappa shape index (κ2) is 13.1. The second-order valence-corrected chi connectivity index (χ2v) is 11.4. The van der Waals surface area contributed by atoms with Gasteiger partial charge in [-0.2, -0.15) is 0 Å². The van der Waals surface area contributed by atoms with Crippen molar-refractivity contribution in [3.05, 3.63) is 144 Å². The Labute approximate surface area is 258 Å².